The minimum Gasteiger partial charge on any atom is -0.357 e. The molecule has 0 amide bonds. The van der Waals surface area contributed by atoms with Crippen molar-refractivity contribution >= 4 is 29.9 Å². The highest BCUT2D eigenvalue weighted by molar-refractivity contribution is 14.0. The Bertz CT molecular complexity index is 710. The van der Waals surface area contributed by atoms with Crippen LogP contribution in [0, 0.1) is 0 Å². The maximum Gasteiger partial charge on any atom is 0.416 e. The van der Waals surface area contributed by atoms with Crippen LogP contribution in [-0.4, -0.2) is 34.2 Å². The Balaban J connectivity index is 0.00000338. The summed E-state index contributed by atoms with van der Waals surface area (Å²) in [4.78, 5) is 6.44. The molecule has 5 nitrogen and oxygen atoms in total. The van der Waals surface area contributed by atoms with Gasteiger partial charge in [-0.15, -0.1) is 24.0 Å². The molecule has 0 aliphatic heterocycles. The molecule has 0 aliphatic carbocycles. The molecule has 0 saturated heterocycles. The smallest absolute Gasteiger partial charge is 0.357 e. The molecule has 144 valence electrons. The molecule has 0 radical (unpaired) electrons. The summed E-state index contributed by atoms with van der Waals surface area (Å²) in [5.41, 5.74) is 1.11. The number of hydrogen-bond donors (Lipinski definition) is 1. The van der Waals surface area contributed by atoms with Crippen molar-refractivity contribution in [2.75, 3.05) is 13.6 Å². The Morgan fingerprint density at radius 2 is 1.88 bits per heavy atom. The lowest BCUT2D eigenvalue weighted by atomic mass is 10.1. The van der Waals surface area contributed by atoms with Crippen LogP contribution in [0.2, 0.25) is 0 Å². The van der Waals surface area contributed by atoms with E-state index >= 15 is 0 Å². The number of nitrogens with zero attached hydrogens (tertiary/aromatic N) is 4. The quantitative estimate of drug-likeness (QED) is 0.403. The van der Waals surface area contributed by atoms with Gasteiger partial charge >= 0.3 is 6.18 Å². The molecule has 0 atom stereocenters. The van der Waals surface area contributed by atoms with Crippen molar-refractivity contribution in [3.8, 4) is 0 Å². The van der Waals surface area contributed by atoms with Crippen LogP contribution >= 0.6 is 24.0 Å². The fourth-order valence-electron chi connectivity index (χ4n) is 2.33. The highest BCUT2D eigenvalue weighted by atomic mass is 127. The van der Waals surface area contributed by atoms with Crippen LogP contribution in [0.4, 0.5) is 13.2 Å². The van der Waals surface area contributed by atoms with Gasteiger partial charge in [0.2, 0.25) is 0 Å². The standard InChI is InChI=1S/C17H22F3N5.HI/c1-4-21-16(22-11-15-9-10-23-25(15)3)24(2)12-13-5-7-14(8-6-13)17(18,19)20;/h5-10H,4,11-12H2,1-3H3,(H,21,22);1H. The number of hydrogen-bond acceptors (Lipinski definition) is 2. The predicted octanol–water partition coefficient (Wildman–Crippen LogP) is 3.65. The first-order valence-electron chi connectivity index (χ1n) is 7.93. The van der Waals surface area contributed by atoms with Gasteiger partial charge in [-0.05, 0) is 30.7 Å². The van der Waals surface area contributed by atoms with E-state index in [1.807, 2.05) is 32.0 Å². The third-order valence-corrected chi connectivity index (χ3v) is 3.71. The molecule has 1 heterocycles. The van der Waals surface area contributed by atoms with Crippen LogP contribution in [-0.2, 0) is 26.3 Å². The van der Waals surface area contributed by atoms with E-state index in [2.05, 4.69) is 15.4 Å². The van der Waals surface area contributed by atoms with Gasteiger partial charge in [-0.3, -0.25) is 4.68 Å². The highest BCUT2D eigenvalue weighted by Crippen LogP contribution is 2.29. The molecule has 2 aromatic rings. The van der Waals surface area contributed by atoms with Crippen LogP contribution in [0.5, 0.6) is 0 Å². The van der Waals surface area contributed by atoms with Crippen molar-refractivity contribution in [1.29, 1.82) is 0 Å². The van der Waals surface area contributed by atoms with Crippen LogP contribution in [0.15, 0.2) is 41.5 Å². The molecule has 2 rings (SSSR count). The summed E-state index contributed by atoms with van der Waals surface area (Å²) in [7, 11) is 3.70. The lowest BCUT2D eigenvalue weighted by molar-refractivity contribution is -0.137. The number of guanidine groups is 1. The normalized spacial score (nSPS) is 11.8. The molecule has 0 fully saturated rings. The van der Waals surface area contributed by atoms with Gasteiger partial charge < -0.3 is 10.2 Å². The monoisotopic (exact) mass is 481 g/mol. The summed E-state index contributed by atoms with van der Waals surface area (Å²) >= 11 is 0. The van der Waals surface area contributed by atoms with Crippen LogP contribution in [0.25, 0.3) is 0 Å². The minimum atomic E-state index is -4.32. The van der Waals surface area contributed by atoms with E-state index in [4.69, 9.17) is 0 Å². The number of alkyl halides is 3. The van der Waals surface area contributed by atoms with E-state index in [-0.39, 0.29) is 24.0 Å². The van der Waals surface area contributed by atoms with E-state index in [0.29, 0.717) is 25.6 Å². The largest absolute Gasteiger partial charge is 0.416 e. The molecule has 0 spiro atoms. The van der Waals surface area contributed by atoms with Crippen molar-refractivity contribution < 1.29 is 13.2 Å². The van der Waals surface area contributed by atoms with Crippen LogP contribution < -0.4 is 5.32 Å². The van der Waals surface area contributed by atoms with Gasteiger partial charge in [-0.1, -0.05) is 12.1 Å². The lowest BCUT2D eigenvalue weighted by Gasteiger charge is -2.22. The van der Waals surface area contributed by atoms with Crippen molar-refractivity contribution in [1.82, 2.24) is 20.0 Å². The number of aliphatic imine (C=N–C) groups is 1. The number of benzene rings is 1. The maximum atomic E-state index is 12.6. The first-order valence-corrected chi connectivity index (χ1v) is 7.93. The molecule has 0 bridgehead atoms. The molecule has 1 aromatic carbocycles. The lowest BCUT2D eigenvalue weighted by Crippen LogP contribution is -2.38. The first kappa shape index (κ1) is 22.3. The van der Waals surface area contributed by atoms with Gasteiger partial charge in [0, 0.05) is 33.4 Å². The summed E-state index contributed by atoms with van der Waals surface area (Å²) in [6, 6.07) is 7.07. The number of rotatable bonds is 5. The predicted molar refractivity (Wildman–Crippen MR) is 106 cm³/mol. The molecular formula is C17H23F3IN5. The zero-order valence-corrected chi connectivity index (χ0v) is 17.2. The van der Waals surface area contributed by atoms with Crippen molar-refractivity contribution in [2.24, 2.45) is 12.0 Å². The van der Waals surface area contributed by atoms with Crippen molar-refractivity contribution in [3.63, 3.8) is 0 Å². The Hall–Kier alpha value is -1.78. The van der Waals surface area contributed by atoms with E-state index in [0.717, 1.165) is 23.4 Å². The van der Waals surface area contributed by atoms with E-state index in [9.17, 15) is 13.2 Å². The summed E-state index contributed by atoms with van der Waals surface area (Å²) in [5, 5.41) is 7.29. The molecular weight excluding hydrogens is 458 g/mol. The third-order valence-electron chi connectivity index (χ3n) is 3.71. The second kappa shape index (κ2) is 9.79. The fourth-order valence-corrected chi connectivity index (χ4v) is 2.33. The molecule has 1 aromatic heterocycles. The van der Waals surface area contributed by atoms with Crippen LogP contribution in [0.3, 0.4) is 0 Å². The zero-order chi connectivity index (χ0) is 18.4. The topological polar surface area (TPSA) is 45.5 Å². The van der Waals surface area contributed by atoms with Gasteiger partial charge in [0.25, 0.3) is 0 Å². The Morgan fingerprint density at radius 3 is 2.38 bits per heavy atom. The summed E-state index contributed by atoms with van der Waals surface area (Å²) in [6.45, 7) is 3.58. The average molecular weight is 481 g/mol. The van der Waals surface area contributed by atoms with Crippen molar-refractivity contribution in [2.45, 2.75) is 26.2 Å². The van der Waals surface area contributed by atoms with Gasteiger partial charge in [-0.2, -0.15) is 18.3 Å². The number of nitrogens with one attached hydrogen (secondary N) is 1. The van der Waals surface area contributed by atoms with Gasteiger partial charge in [0.1, 0.15) is 0 Å². The van der Waals surface area contributed by atoms with E-state index < -0.39 is 11.7 Å². The van der Waals surface area contributed by atoms with E-state index in [1.165, 1.54) is 12.1 Å². The Labute approximate surface area is 168 Å². The number of aromatic nitrogens is 2. The highest BCUT2D eigenvalue weighted by Gasteiger charge is 2.29. The number of aryl methyl sites for hydroxylation is 1. The molecule has 0 unspecified atom stereocenters. The van der Waals surface area contributed by atoms with E-state index in [1.54, 1.807) is 10.9 Å². The molecule has 1 N–H and O–H groups in total. The van der Waals surface area contributed by atoms with Crippen LogP contribution in [0.1, 0.15) is 23.7 Å². The van der Waals surface area contributed by atoms with Gasteiger partial charge in [-0.25, -0.2) is 4.99 Å². The molecule has 0 aliphatic rings. The van der Waals surface area contributed by atoms with Crippen molar-refractivity contribution in [3.05, 3.63) is 53.3 Å². The number of halogens is 4. The second-order valence-electron chi connectivity index (χ2n) is 5.67. The van der Waals surface area contributed by atoms with Gasteiger partial charge in [0.05, 0.1) is 17.8 Å². The molecule has 0 saturated carbocycles. The Kier molecular flexibility index (Phi) is 8.38. The summed E-state index contributed by atoms with van der Waals surface area (Å²) in [5.74, 6) is 0.684. The SMILES string of the molecule is CCNC(=NCc1ccnn1C)N(C)Cc1ccc(C(F)(F)F)cc1.I. The Morgan fingerprint density at radius 1 is 1.23 bits per heavy atom. The fraction of sp³-hybridized carbons (Fsp3) is 0.412. The first-order chi connectivity index (χ1) is 11.8. The van der Waals surface area contributed by atoms with Gasteiger partial charge in [0.15, 0.2) is 5.96 Å². The molecule has 9 heteroatoms. The maximum absolute atomic E-state index is 12.6. The molecule has 26 heavy (non-hydrogen) atoms. The zero-order valence-electron chi connectivity index (χ0n) is 14.9. The second-order valence-corrected chi connectivity index (χ2v) is 5.67. The minimum absolute atomic E-state index is 0. The summed E-state index contributed by atoms with van der Waals surface area (Å²) in [6.07, 6.45) is -2.60. The average Bonchev–Trinajstić information content (AvgIpc) is 2.96. The summed E-state index contributed by atoms with van der Waals surface area (Å²) < 4.78 is 39.6. The third kappa shape index (κ3) is 6.19.